The second-order valence-corrected chi connectivity index (χ2v) is 5.23. The molecule has 2 aromatic rings. The minimum absolute atomic E-state index is 0.788. The zero-order valence-corrected chi connectivity index (χ0v) is 11.2. The Bertz CT molecular complexity index is 732. The van der Waals surface area contributed by atoms with Gasteiger partial charge in [0.1, 0.15) is 0 Å². The van der Waals surface area contributed by atoms with Crippen LogP contribution in [-0.2, 0) is 0 Å². The minimum Gasteiger partial charge on any atom is -0.298 e. The van der Waals surface area contributed by atoms with Crippen LogP contribution in [0.3, 0.4) is 0 Å². The third-order valence-corrected chi connectivity index (χ3v) is 3.76. The van der Waals surface area contributed by atoms with Gasteiger partial charge in [0.15, 0.2) is 6.29 Å². The van der Waals surface area contributed by atoms with Gasteiger partial charge in [-0.3, -0.25) is 4.79 Å². The lowest BCUT2D eigenvalue weighted by atomic mass is 9.93. The van der Waals surface area contributed by atoms with Crippen molar-refractivity contribution in [2.45, 2.75) is 20.3 Å². The molecule has 0 fully saturated rings. The molecule has 0 spiro atoms. The van der Waals surface area contributed by atoms with Gasteiger partial charge in [-0.25, -0.2) is 0 Å². The molecule has 19 heavy (non-hydrogen) atoms. The molecular weight excluding hydrogens is 232 g/mol. The van der Waals surface area contributed by atoms with Crippen LogP contribution >= 0.6 is 0 Å². The van der Waals surface area contributed by atoms with Gasteiger partial charge in [-0.1, -0.05) is 35.9 Å². The average molecular weight is 248 g/mol. The summed E-state index contributed by atoms with van der Waals surface area (Å²) in [5, 5.41) is 2.31. The van der Waals surface area contributed by atoms with Crippen LogP contribution in [0.4, 0.5) is 0 Å². The zero-order valence-electron chi connectivity index (χ0n) is 11.2. The van der Waals surface area contributed by atoms with Crippen LogP contribution < -0.4 is 0 Å². The zero-order chi connectivity index (χ0) is 13.4. The molecule has 2 aromatic carbocycles. The van der Waals surface area contributed by atoms with E-state index in [9.17, 15) is 4.79 Å². The third kappa shape index (κ3) is 2.01. The van der Waals surface area contributed by atoms with Crippen molar-refractivity contribution in [3.05, 3.63) is 64.7 Å². The van der Waals surface area contributed by atoms with E-state index in [4.69, 9.17) is 0 Å². The Hall–Kier alpha value is -2.15. The number of carbonyl (C=O) groups is 1. The lowest BCUT2D eigenvalue weighted by Crippen LogP contribution is -1.93. The van der Waals surface area contributed by atoms with Crippen molar-refractivity contribution in [1.82, 2.24) is 0 Å². The largest absolute Gasteiger partial charge is 0.298 e. The van der Waals surface area contributed by atoms with E-state index in [0.29, 0.717) is 0 Å². The highest BCUT2D eigenvalue weighted by Crippen LogP contribution is 2.35. The van der Waals surface area contributed by atoms with Gasteiger partial charge in [0.05, 0.1) is 0 Å². The van der Waals surface area contributed by atoms with Crippen molar-refractivity contribution in [3.63, 3.8) is 0 Å². The highest BCUT2D eigenvalue weighted by molar-refractivity contribution is 5.96. The first-order valence-electron chi connectivity index (χ1n) is 6.54. The van der Waals surface area contributed by atoms with Crippen molar-refractivity contribution in [3.8, 4) is 0 Å². The number of aldehydes is 1. The molecule has 0 aliphatic heterocycles. The quantitative estimate of drug-likeness (QED) is 0.699. The normalized spacial score (nSPS) is 14.9. The second kappa shape index (κ2) is 4.51. The molecule has 94 valence electrons. The third-order valence-electron chi connectivity index (χ3n) is 3.76. The van der Waals surface area contributed by atoms with Crippen molar-refractivity contribution < 1.29 is 4.79 Å². The smallest absolute Gasteiger partial charge is 0.150 e. The molecule has 0 bridgehead atoms. The van der Waals surface area contributed by atoms with E-state index in [1.54, 1.807) is 0 Å². The lowest BCUT2D eigenvalue weighted by Gasteiger charge is -2.10. The Morgan fingerprint density at radius 3 is 2.32 bits per heavy atom. The van der Waals surface area contributed by atoms with Crippen molar-refractivity contribution in [1.29, 1.82) is 0 Å². The van der Waals surface area contributed by atoms with Gasteiger partial charge in [0.2, 0.25) is 0 Å². The predicted molar refractivity (Wildman–Crippen MR) is 80.3 cm³/mol. The molecule has 1 aliphatic rings. The number of hydrogen-bond acceptors (Lipinski definition) is 1. The molecule has 0 heterocycles. The number of rotatable bonds is 2. The molecule has 0 radical (unpaired) electrons. The summed E-state index contributed by atoms with van der Waals surface area (Å²) in [6.45, 7) is 4.26. The fourth-order valence-corrected chi connectivity index (χ4v) is 2.85. The summed E-state index contributed by atoms with van der Waals surface area (Å²) in [6, 6.07) is 12.3. The maximum atomic E-state index is 11.4. The fourth-order valence-electron chi connectivity index (χ4n) is 2.85. The summed E-state index contributed by atoms with van der Waals surface area (Å²) < 4.78 is 0. The van der Waals surface area contributed by atoms with Gasteiger partial charge in [-0.05, 0) is 59.9 Å². The average Bonchev–Trinajstić information content (AvgIpc) is 2.76. The molecule has 0 saturated heterocycles. The molecule has 0 unspecified atom stereocenters. The maximum absolute atomic E-state index is 11.4. The lowest BCUT2D eigenvalue weighted by molar-refractivity contribution is 0.112. The fraction of sp³-hybridized carbons (Fsp3) is 0.167. The van der Waals surface area contributed by atoms with Crippen LogP contribution in [0, 0.1) is 0 Å². The summed E-state index contributed by atoms with van der Waals surface area (Å²) in [5.41, 5.74) is 5.79. The van der Waals surface area contributed by atoms with E-state index in [-0.39, 0.29) is 0 Å². The van der Waals surface area contributed by atoms with E-state index in [2.05, 4.69) is 32.1 Å². The van der Waals surface area contributed by atoms with Gasteiger partial charge in [-0.15, -0.1) is 0 Å². The van der Waals surface area contributed by atoms with Crippen LogP contribution in [0.15, 0.2) is 53.6 Å². The number of benzene rings is 2. The molecule has 1 nitrogen and oxygen atoms in total. The summed E-state index contributed by atoms with van der Waals surface area (Å²) in [4.78, 5) is 11.4. The topological polar surface area (TPSA) is 17.1 Å². The molecule has 1 heteroatoms. The first kappa shape index (κ1) is 11.9. The number of carbonyl (C=O) groups excluding carboxylic acids is 1. The van der Waals surface area contributed by atoms with Gasteiger partial charge in [-0.2, -0.15) is 0 Å². The first-order chi connectivity index (χ1) is 9.19. The van der Waals surface area contributed by atoms with Crippen molar-refractivity contribution >= 4 is 22.6 Å². The SMILES string of the molecule is CC1=CC(C)=C(c2cc3ccccc3cc2C=O)C1. The van der Waals surface area contributed by atoms with Crippen molar-refractivity contribution in [2.75, 3.05) is 0 Å². The summed E-state index contributed by atoms with van der Waals surface area (Å²) in [6.07, 6.45) is 4.12. The van der Waals surface area contributed by atoms with Gasteiger partial charge in [0.25, 0.3) is 0 Å². The van der Waals surface area contributed by atoms with E-state index in [0.717, 1.165) is 29.2 Å². The molecule has 1 aliphatic carbocycles. The molecule has 0 saturated carbocycles. The van der Waals surface area contributed by atoms with Crippen molar-refractivity contribution in [2.24, 2.45) is 0 Å². The first-order valence-corrected chi connectivity index (χ1v) is 6.54. The Labute approximate surface area is 113 Å². The van der Waals surface area contributed by atoms with E-state index in [1.165, 1.54) is 22.1 Å². The molecule has 0 aromatic heterocycles. The Morgan fingerprint density at radius 2 is 1.74 bits per heavy atom. The Balaban J connectivity index is 2.24. The molecule has 0 N–H and O–H groups in total. The highest BCUT2D eigenvalue weighted by atomic mass is 16.1. The van der Waals surface area contributed by atoms with Crippen LogP contribution in [0.25, 0.3) is 16.3 Å². The van der Waals surface area contributed by atoms with Crippen LogP contribution in [0.1, 0.15) is 36.2 Å². The van der Waals surface area contributed by atoms with Gasteiger partial charge in [0, 0.05) is 5.56 Å². The molecule has 0 atom stereocenters. The Morgan fingerprint density at radius 1 is 1.05 bits per heavy atom. The molecule has 0 amide bonds. The second-order valence-electron chi connectivity index (χ2n) is 5.23. The number of allylic oxidation sites excluding steroid dienone is 4. The van der Waals surface area contributed by atoms with E-state index < -0.39 is 0 Å². The van der Waals surface area contributed by atoms with Crippen LogP contribution in [-0.4, -0.2) is 6.29 Å². The standard InChI is InChI=1S/C18H16O/c1-12-7-13(2)17(8-12)18-10-15-6-4-3-5-14(15)9-16(18)11-19/h3-7,9-11H,8H2,1-2H3. The van der Waals surface area contributed by atoms with E-state index in [1.807, 2.05) is 24.3 Å². The highest BCUT2D eigenvalue weighted by Gasteiger charge is 2.15. The van der Waals surface area contributed by atoms with Gasteiger partial charge >= 0.3 is 0 Å². The number of hydrogen-bond donors (Lipinski definition) is 0. The minimum atomic E-state index is 0.788. The molecular formula is C18H16O. The monoisotopic (exact) mass is 248 g/mol. The van der Waals surface area contributed by atoms with Crippen LogP contribution in [0.2, 0.25) is 0 Å². The van der Waals surface area contributed by atoms with Gasteiger partial charge < -0.3 is 0 Å². The summed E-state index contributed by atoms with van der Waals surface area (Å²) in [5.74, 6) is 0. The van der Waals surface area contributed by atoms with E-state index >= 15 is 0 Å². The summed E-state index contributed by atoms with van der Waals surface area (Å²) in [7, 11) is 0. The maximum Gasteiger partial charge on any atom is 0.150 e. The number of fused-ring (bicyclic) bond motifs is 1. The molecule has 3 rings (SSSR count). The predicted octanol–water partition coefficient (Wildman–Crippen LogP) is 4.78. The van der Waals surface area contributed by atoms with Crippen LogP contribution in [0.5, 0.6) is 0 Å². The Kier molecular flexibility index (Phi) is 2.83. The summed E-state index contributed by atoms with van der Waals surface area (Å²) >= 11 is 0.